The van der Waals surface area contributed by atoms with Crippen LogP contribution in [0.25, 0.3) is 0 Å². The van der Waals surface area contributed by atoms with E-state index in [2.05, 4.69) is 27.3 Å². The molecule has 0 atom stereocenters. The zero-order chi connectivity index (χ0) is 20.6. The number of oxime groups is 1. The lowest BCUT2D eigenvalue weighted by atomic mass is 10.2. The van der Waals surface area contributed by atoms with Crippen molar-refractivity contribution in [1.29, 1.82) is 0 Å². The highest BCUT2D eigenvalue weighted by atomic mass is 32.1. The van der Waals surface area contributed by atoms with Crippen LogP contribution in [-0.2, 0) is 17.9 Å². The van der Waals surface area contributed by atoms with Gasteiger partial charge in [-0.2, -0.15) is 0 Å². The second-order valence-corrected chi connectivity index (χ2v) is 7.39. The Kier molecular flexibility index (Phi) is 6.31. The predicted octanol–water partition coefficient (Wildman–Crippen LogP) is 4.76. The van der Waals surface area contributed by atoms with Crippen molar-refractivity contribution in [3.8, 4) is 11.6 Å². The van der Waals surface area contributed by atoms with E-state index in [0.717, 1.165) is 22.9 Å². The van der Waals surface area contributed by atoms with Crippen LogP contribution in [0, 0.1) is 0 Å². The third kappa shape index (κ3) is 5.42. The number of nitrogens with zero attached hydrogens (tertiary/aromatic N) is 3. The minimum Gasteiger partial charge on any atom is -0.439 e. The van der Waals surface area contributed by atoms with Crippen LogP contribution in [0.5, 0.6) is 11.6 Å². The molecule has 7 heteroatoms. The molecule has 2 aromatic heterocycles. The van der Waals surface area contributed by atoms with Gasteiger partial charge in [0, 0.05) is 29.6 Å². The van der Waals surface area contributed by atoms with E-state index in [0.29, 0.717) is 11.4 Å². The van der Waals surface area contributed by atoms with E-state index in [1.165, 1.54) is 5.56 Å². The Labute approximate surface area is 178 Å². The van der Waals surface area contributed by atoms with Gasteiger partial charge in [0.25, 0.3) is 0 Å². The van der Waals surface area contributed by atoms with Crippen molar-refractivity contribution >= 4 is 17.2 Å². The number of hydrogen-bond acceptors (Lipinski definition) is 6. The zero-order valence-corrected chi connectivity index (χ0v) is 17.0. The lowest BCUT2D eigenvalue weighted by Crippen LogP contribution is -2.14. The summed E-state index contributed by atoms with van der Waals surface area (Å²) in [6.07, 6.45) is 2.40. The molecule has 0 spiro atoms. The summed E-state index contributed by atoms with van der Waals surface area (Å²) in [7, 11) is 0. The van der Waals surface area contributed by atoms with Crippen molar-refractivity contribution in [3.63, 3.8) is 0 Å². The highest BCUT2D eigenvalue weighted by Crippen LogP contribution is 2.19. The Bertz CT molecular complexity index is 1100. The number of benzene rings is 2. The monoisotopic (exact) mass is 416 g/mol. The van der Waals surface area contributed by atoms with Crippen LogP contribution in [0.1, 0.15) is 21.8 Å². The molecule has 4 rings (SSSR count). The first kappa shape index (κ1) is 19.6. The predicted molar refractivity (Wildman–Crippen MR) is 118 cm³/mol. The molecule has 30 heavy (non-hydrogen) atoms. The molecule has 0 aliphatic rings. The number of ether oxygens (including phenoxy) is 1. The van der Waals surface area contributed by atoms with Crippen molar-refractivity contribution in [2.24, 2.45) is 10.9 Å². The molecule has 4 aromatic rings. The molecule has 2 N–H and O–H groups in total. The SMILES string of the molecule is N/C(=N/OCc1csc(Cc2ccccc2)n1)c1ccc(Oc2ccccc2)nc1. The van der Waals surface area contributed by atoms with Gasteiger partial charge >= 0.3 is 0 Å². The van der Waals surface area contributed by atoms with E-state index < -0.39 is 0 Å². The van der Waals surface area contributed by atoms with Crippen LogP contribution in [-0.4, -0.2) is 15.8 Å². The van der Waals surface area contributed by atoms with Crippen molar-refractivity contribution in [1.82, 2.24) is 9.97 Å². The zero-order valence-electron chi connectivity index (χ0n) is 16.1. The maximum absolute atomic E-state index is 6.00. The summed E-state index contributed by atoms with van der Waals surface area (Å²) in [4.78, 5) is 14.2. The Morgan fingerprint density at radius 3 is 2.47 bits per heavy atom. The van der Waals surface area contributed by atoms with Gasteiger partial charge in [0.15, 0.2) is 12.4 Å². The van der Waals surface area contributed by atoms with Gasteiger partial charge in [0.1, 0.15) is 5.75 Å². The van der Waals surface area contributed by atoms with Crippen LogP contribution in [0.15, 0.2) is 89.5 Å². The molecular formula is C23H20N4O2S. The second-order valence-electron chi connectivity index (χ2n) is 6.45. The quantitative estimate of drug-likeness (QED) is 0.254. The average Bonchev–Trinajstić information content (AvgIpc) is 3.23. The van der Waals surface area contributed by atoms with Gasteiger partial charge in [0.05, 0.1) is 10.7 Å². The molecule has 0 bridgehead atoms. The van der Waals surface area contributed by atoms with Gasteiger partial charge in [-0.1, -0.05) is 53.7 Å². The normalized spacial score (nSPS) is 11.3. The van der Waals surface area contributed by atoms with E-state index in [-0.39, 0.29) is 12.4 Å². The summed E-state index contributed by atoms with van der Waals surface area (Å²) in [5, 5.41) is 6.99. The van der Waals surface area contributed by atoms with Gasteiger partial charge in [-0.05, 0) is 23.8 Å². The molecule has 0 fully saturated rings. The topological polar surface area (TPSA) is 82.6 Å². The minimum absolute atomic E-state index is 0.244. The fourth-order valence-corrected chi connectivity index (χ4v) is 3.50. The molecule has 150 valence electrons. The number of rotatable bonds is 8. The Morgan fingerprint density at radius 2 is 1.73 bits per heavy atom. The molecule has 2 heterocycles. The lowest BCUT2D eigenvalue weighted by Gasteiger charge is -2.05. The molecule has 0 saturated carbocycles. The maximum Gasteiger partial charge on any atom is 0.219 e. The standard InChI is InChI=1S/C23H20N4O2S/c24-23(18-11-12-21(25-14-18)29-20-9-5-2-6-10-20)27-28-15-19-16-30-22(26-19)13-17-7-3-1-4-8-17/h1-12,14,16H,13,15H2,(H2,24,27). The first-order valence-corrected chi connectivity index (χ1v) is 10.3. The summed E-state index contributed by atoms with van der Waals surface area (Å²) in [6.45, 7) is 0.259. The van der Waals surface area contributed by atoms with Crippen molar-refractivity contribution < 1.29 is 9.57 Å². The van der Waals surface area contributed by atoms with Crippen LogP contribution in [0.4, 0.5) is 0 Å². The van der Waals surface area contributed by atoms with Crippen molar-refractivity contribution in [2.75, 3.05) is 0 Å². The summed E-state index contributed by atoms with van der Waals surface area (Å²) >= 11 is 1.61. The number of pyridine rings is 1. The van der Waals surface area contributed by atoms with E-state index in [4.69, 9.17) is 15.3 Å². The first-order valence-electron chi connectivity index (χ1n) is 9.38. The molecule has 0 unspecified atom stereocenters. The summed E-state index contributed by atoms with van der Waals surface area (Å²) < 4.78 is 5.67. The van der Waals surface area contributed by atoms with Gasteiger partial charge in [-0.3, -0.25) is 0 Å². The number of hydrogen-bond donors (Lipinski definition) is 1. The molecule has 6 nitrogen and oxygen atoms in total. The lowest BCUT2D eigenvalue weighted by molar-refractivity contribution is 0.128. The average molecular weight is 417 g/mol. The van der Waals surface area contributed by atoms with Crippen molar-refractivity contribution in [2.45, 2.75) is 13.0 Å². The number of amidine groups is 1. The molecule has 2 aromatic carbocycles. The summed E-state index contributed by atoms with van der Waals surface area (Å²) in [5.41, 5.74) is 8.70. The number of nitrogens with two attached hydrogens (primary N) is 1. The largest absolute Gasteiger partial charge is 0.439 e. The minimum atomic E-state index is 0.244. The van der Waals surface area contributed by atoms with Crippen LogP contribution in [0.2, 0.25) is 0 Å². The molecular weight excluding hydrogens is 396 g/mol. The van der Waals surface area contributed by atoms with Gasteiger partial charge in [-0.25, -0.2) is 9.97 Å². The van der Waals surface area contributed by atoms with Crippen molar-refractivity contribution in [3.05, 3.63) is 106 Å². The maximum atomic E-state index is 6.00. The van der Waals surface area contributed by atoms with Crippen LogP contribution in [0.3, 0.4) is 0 Å². The summed E-state index contributed by atoms with van der Waals surface area (Å²) in [6, 6.07) is 23.2. The third-order valence-corrected chi connectivity index (χ3v) is 5.07. The number of thiazole rings is 1. The fourth-order valence-electron chi connectivity index (χ4n) is 2.69. The van der Waals surface area contributed by atoms with E-state index in [1.807, 2.05) is 53.9 Å². The Morgan fingerprint density at radius 1 is 0.967 bits per heavy atom. The van der Waals surface area contributed by atoms with E-state index >= 15 is 0 Å². The van der Waals surface area contributed by atoms with E-state index in [1.54, 1.807) is 29.7 Å². The third-order valence-electron chi connectivity index (χ3n) is 4.17. The Hall–Kier alpha value is -3.71. The number of aromatic nitrogens is 2. The Balaban J connectivity index is 1.30. The second kappa shape index (κ2) is 9.67. The highest BCUT2D eigenvalue weighted by molar-refractivity contribution is 7.09. The highest BCUT2D eigenvalue weighted by Gasteiger charge is 2.05. The molecule has 0 amide bonds. The summed E-state index contributed by atoms with van der Waals surface area (Å²) in [5.74, 6) is 1.44. The van der Waals surface area contributed by atoms with Gasteiger partial charge < -0.3 is 15.3 Å². The van der Waals surface area contributed by atoms with Gasteiger partial charge in [0.2, 0.25) is 5.88 Å². The number of para-hydroxylation sites is 1. The molecule has 0 aliphatic heterocycles. The van der Waals surface area contributed by atoms with E-state index in [9.17, 15) is 0 Å². The first-order chi connectivity index (χ1) is 14.8. The molecule has 0 aliphatic carbocycles. The van der Waals surface area contributed by atoms with Crippen LogP contribution < -0.4 is 10.5 Å². The fraction of sp³-hybridized carbons (Fsp3) is 0.0870. The van der Waals surface area contributed by atoms with Gasteiger partial charge in [-0.15, -0.1) is 11.3 Å². The smallest absolute Gasteiger partial charge is 0.219 e. The molecule has 0 radical (unpaired) electrons. The van der Waals surface area contributed by atoms with Crippen LogP contribution >= 0.6 is 11.3 Å². The molecule has 0 saturated heterocycles.